The van der Waals surface area contributed by atoms with Gasteiger partial charge in [0.1, 0.15) is 22.8 Å². The van der Waals surface area contributed by atoms with Crippen molar-refractivity contribution in [3.8, 4) is 17.2 Å². The minimum absolute atomic E-state index is 0.0478. The Bertz CT molecular complexity index is 1340. The van der Waals surface area contributed by atoms with E-state index >= 15 is 0 Å². The van der Waals surface area contributed by atoms with E-state index in [0.29, 0.717) is 0 Å². The van der Waals surface area contributed by atoms with Crippen molar-refractivity contribution in [3.05, 3.63) is 51.6 Å². The molecule has 6 atom stereocenters. The average Bonchev–Trinajstić information content (AvgIpc) is 2.82. The van der Waals surface area contributed by atoms with E-state index < -0.39 is 88.4 Å². The molecule has 37 heavy (non-hydrogen) atoms. The molecule has 1 fully saturated rings. The second-order valence-electron chi connectivity index (χ2n) is 9.95. The van der Waals surface area contributed by atoms with Crippen LogP contribution in [0.25, 0.3) is 0 Å². The van der Waals surface area contributed by atoms with Crippen molar-refractivity contribution >= 4 is 17.3 Å². The van der Waals surface area contributed by atoms with Crippen molar-refractivity contribution in [2.75, 3.05) is 0 Å². The van der Waals surface area contributed by atoms with E-state index in [9.17, 15) is 39.9 Å². The molecule has 4 unspecified atom stereocenters. The molecule has 0 radical (unpaired) electrons. The summed E-state index contributed by atoms with van der Waals surface area (Å²) in [7, 11) is 0. The Labute approximate surface area is 211 Å². The van der Waals surface area contributed by atoms with E-state index in [4.69, 9.17) is 15.2 Å². The monoisotopic (exact) mass is 513 g/mol. The summed E-state index contributed by atoms with van der Waals surface area (Å²) in [5.41, 5.74) is 2.29. The maximum atomic E-state index is 13.4. The van der Waals surface area contributed by atoms with Gasteiger partial charge in [-0.25, -0.2) is 0 Å². The first-order chi connectivity index (χ1) is 17.4. The van der Waals surface area contributed by atoms with E-state index in [-0.39, 0.29) is 35.1 Å². The van der Waals surface area contributed by atoms with Gasteiger partial charge < -0.3 is 40.7 Å². The molecule has 1 heterocycles. The van der Waals surface area contributed by atoms with Crippen molar-refractivity contribution in [3.63, 3.8) is 0 Å². The number of ether oxygens (including phenoxy) is 2. The summed E-state index contributed by atoms with van der Waals surface area (Å²) in [6, 6.07) is 3.20. The number of phenols is 3. The topological polar surface area (TPSA) is 197 Å². The third kappa shape index (κ3) is 3.73. The Balaban J connectivity index is 1.68. The molecule has 0 aromatic heterocycles. The molecular formula is C26H27NO10. The minimum Gasteiger partial charge on any atom is -0.507 e. The van der Waals surface area contributed by atoms with Gasteiger partial charge in [-0.2, -0.15) is 0 Å². The van der Waals surface area contributed by atoms with Crippen LogP contribution in [0.5, 0.6) is 17.2 Å². The third-order valence-corrected chi connectivity index (χ3v) is 7.59. The number of phenolic OH excluding ortho intramolecular Hbond substituents is 3. The van der Waals surface area contributed by atoms with Crippen molar-refractivity contribution in [1.82, 2.24) is 0 Å². The molecule has 3 aliphatic rings. The first-order valence-corrected chi connectivity index (χ1v) is 11.9. The quantitative estimate of drug-likeness (QED) is 0.270. The maximum Gasteiger partial charge on any atom is 0.202 e. The zero-order chi connectivity index (χ0) is 27.0. The van der Waals surface area contributed by atoms with Gasteiger partial charge in [0, 0.05) is 42.0 Å². The highest BCUT2D eigenvalue weighted by molar-refractivity contribution is 6.31. The molecule has 0 amide bonds. The van der Waals surface area contributed by atoms with Gasteiger partial charge in [0.05, 0.1) is 35.0 Å². The Morgan fingerprint density at radius 1 is 1.11 bits per heavy atom. The van der Waals surface area contributed by atoms with Gasteiger partial charge in [0.15, 0.2) is 17.9 Å². The largest absolute Gasteiger partial charge is 0.507 e. The summed E-state index contributed by atoms with van der Waals surface area (Å²) in [6.07, 6.45) is -4.68. The van der Waals surface area contributed by atoms with Crippen LogP contribution in [-0.4, -0.2) is 73.0 Å². The highest BCUT2D eigenvalue weighted by atomic mass is 16.7. The fourth-order valence-corrected chi connectivity index (χ4v) is 5.50. The van der Waals surface area contributed by atoms with Crippen LogP contribution in [0, 0.1) is 0 Å². The number of ketones is 3. The predicted octanol–water partition coefficient (Wildman–Crippen LogP) is 0.726. The van der Waals surface area contributed by atoms with Gasteiger partial charge in [0.2, 0.25) is 5.78 Å². The van der Waals surface area contributed by atoms with Crippen LogP contribution in [0.1, 0.15) is 75.8 Å². The Morgan fingerprint density at radius 2 is 1.78 bits per heavy atom. The first-order valence-electron chi connectivity index (χ1n) is 11.9. The number of aliphatic hydroxyl groups is 2. The van der Waals surface area contributed by atoms with Gasteiger partial charge in [-0.05, 0) is 19.9 Å². The van der Waals surface area contributed by atoms with Crippen LogP contribution in [0.15, 0.2) is 18.2 Å². The standard InChI is InChI=1S/C26H27NO10/c1-9-21(30)13(27)6-16(36-9)37-15-8-26(35,10(2)28)7-12-18(15)25(34)20-19(23(12)32)22(31)11-4-3-5-14(29)17(11)24(20)33/h3-5,9,13,15-16,21,29-30,32,34-35H,6-8,27H2,1-2H3/t9?,13?,15-,16?,21?,26-/m1/s1. The van der Waals surface area contributed by atoms with Crippen molar-refractivity contribution in [1.29, 1.82) is 0 Å². The maximum absolute atomic E-state index is 13.4. The summed E-state index contributed by atoms with van der Waals surface area (Å²) in [5.74, 6) is -4.13. The lowest BCUT2D eigenvalue weighted by Crippen LogP contribution is -2.52. The van der Waals surface area contributed by atoms with Gasteiger partial charge >= 0.3 is 0 Å². The minimum atomic E-state index is -2.02. The zero-order valence-electron chi connectivity index (χ0n) is 20.1. The first kappa shape index (κ1) is 25.3. The lowest BCUT2D eigenvalue weighted by molar-refractivity contribution is -0.247. The molecule has 7 N–H and O–H groups in total. The number of Topliss-reactive ketones (excluding diaryl/α,β-unsaturated/α-hetero) is 1. The number of fused-ring (bicyclic) bond motifs is 3. The molecule has 2 aromatic carbocycles. The molecule has 11 heteroatoms. The average molecular weight is 513 g/mol. The van der Waals surface area contributed by atoms with Gasteiger partial charge in [0.25, 0.3) is 0 Å². The Morgan fingerprint density at radius 3 is 2.43 bits per heavy atom. The molecule has 1 aliphatic heterocycles. The fourth-order valence-electron chi connectivity index (χ4n) is 5.50. The van der Waals surface area contributed by atoms with Gasteiger partial charge in [-0.1, -0.05) is 12.1 Å². The number of aromatic hydroxyl groups is 3. The molecule has 1 saturated heterocycles. The molecule has 0 spiro atoms. The lowest BCUT2D eigenvalue weighted by Gasteiger charge is -2.42. The summed E-state index contributed by atoms with van der Waals surface area (Å²) >= 11 is 0. The van der Waals surface area contributed by atoms with Crippen LogP contribution in [0.2, 0.25) is 0 Å². The molecule has 11 nitrogen and oxygen atoms in total. The third-order valence-electron chi connectivity index (χ3n) is 7.59. The molecule has 196 valence electrons. The number of hydrogen-bond donors (Lipinski definition) is 6. The van der Waals surface area contributed by atoms with Crippen LogP contribution in [0.4, 0.5) is 0 Å². The number of carbonyl (C=O) groups excluding carboxylic acids is 3. The van der Waals surface area contributed by atoms with Crippen molar-refractivity contribution in [2.45, 2.75) is 69.4 Å². The molecular weight excluding hydrogens is 486 g/mol. The number of carbonyl (C=O) groups is 3. The summed E-state index contributed by atoms with van der Waals surface area (Å²) in [5, 5.41) is 54.1. The Hall–Kier alpha value is -3.35. The van der Waals surface area contributed by atoms with Crippen LogP contribution in [0.3, 0.4) is 0 Å². The van der Waals surface area contributed by atoms with Crippen LogP contribution in [-0.2, 0) is 20.7 Å². The number of rotatable bonds is 3. The lowest BCUT2D eigenvalue weighted by atomic mass is 9.72. The van der Waals surface area contributed by atoms with E-state index in [1.807, 2.05) is 0 Å². The SMILES string of the molecule is CC(=O)[C@@]1(O)Cc2c(O)c3c(c(O)c2[C@H](OC2CC(N)C(O)C(C)O2)C1)C(=O)c1c(O)cccc1C3=O. The molecule has 2 aliphatic carbocycles. The molecule has 5 rings (SSSR count). The normalized spacial score (nSPS) is 30.9. The summed E-state index contributed by atoms with van der Waals surface area (Å²) in [4.78, 5) is 39.1. The highest BCUT2D eigenvalue weighted by Crippen LogP contribution is 2.52. The van der Waals surface area contributed by atoms with Gasteiger partial charge in [-0.15, -0.1) is 0 Å². The highest BCUT2D eigenvalue weighted by Gasteiger charge is 2.49. The number of benzene rings is 2. The van der Waals surface area contributed by atoms with Crippen LogP contribution >= 0.6 is 0 Å². The molecule has 2 aromatic rings. The van der Waals surface area contributed by atoms with E-state index in [0.717, 1.165) is 6.92 Å². The van der Waals surface area contributed by atoms with Crippen molar-refractivity contribution < 1.29 is 49.4 Å². The fraction of sp³-hybridized carbons (Fsp3) is 0.423. The number of nitrogens with two attached hydrogens (primary N) is 1. The number of aliphatic hydroxyl groups excluding tert-OH is 1. The molecule has 0 saturated carbocycles. The predicted molar refractivity (Wildman–Crippen MR) is 125 cm³/mol. The van der Waals surface area contributed by atoms with E-state index in [1.165, 1.54) is 18.2 Å². The second kappa shape index (κ2) is 8.61. The second-order valence-corrected chi connectivity index (χ2v) is 9.95. The summed E-state index contributed by atoms with van der Waals surface area (Å²) in [6.45, 7) is 2.76. The van der Waals surface area contributed by atoms with Gasteiger partial charge in [-0.3, -0.25) is 14.4 Å². The van der Waals surface area contributed by atoms with Crippen molar-refractivity contribution in [2.24, 2.45) is 5.73 Å². The van der Waals surface area contributed by atoms with E-state index in [1.54, 1.807) is 6.92 Å². The number of hydrogen-bond acceptors (Lipinski definition) is 11. The zero-order valence-corrected chi connectivity index (χ0v) is 20.1. The smallest absolute Gasteiger partial charge is 0.202 e. The Kier molecular flexibility index (Phi) is 5.89. The van der Waals surface area contributed by atoms with E-state index in [2.05, 4.69) is 0 Å². The summed E-state index contributed by atoms with van der Waals surface area (Å²) < 4.78 is 11.7. The molecule has 0 bridgehead atoms. The van der Waals surface area contributed by atoms with Crippen LogP contribution < -0.4 is 5.73 Å².